The smallest absolute Gasteiger partial charge is 0.390 e. The van der Waals surface area contributed by atoms with Crippen LogP contribution in [0.25, 0.3) is 11.2 Å². The molecule has 3 aromatic rings. The SMILES string of the molecule is Cc1nc2ncn(Cc3nn(C)c(=O)o3)c(=O)c2n1C. The topological polar surface area (TPSA) is 101 Å². The molecule has 0 saturated heterocycles. The molecule has 0 bridgehead atoms. The maximum absolute atomic E-state index is 12.4. The van der Waals surface area contributed by atoms with Crippen LogP contribution in [0.2, 0.25) is 0 Å². The highest BCUT2D eigenvalue weighted by Gasteiger charge is 2.13. The Bertz CT molecular complexity index is 913. The molecule has 3 heterocycles. The normalized spacial score (nSPS) is 11.3. The molecule has 3 rings (SSSR count). The van der Waals surface area contributed by atoms with Crippen LogP contribution >= 0.6 is 0 Å². The van der Waals surface area contributed by atoms with Crippen molar-refractivity contribution in [3.8, 4) is 0 Å². The van der Waals surface area contributed by atoms with Crippen LogP contribution in [0.5, 0.6) is 0 Å². The number of imidazole rings is 1. The second-order valence-corrected chi connectivity index (χ2v) is 4.45. The number of rotatable bonds is 2. The zero-order valence-corrected chi connectivity index (χ0v) is 11.2. The summed E-state index contributed by atoms with van der Waals surface area (Å²) >= 11 is 0. The Morgan fingerprint density at radius 3 is 2.70 bits per heavy atom. The van der Waals surface area contributed by atoms with Gasteiger partial charge in [0.25, 0.3) is 5.56 Å². The van der Waals surface area contributed by atoms with Gasteiger partial charge in [0.2, 0.25) is 5.89 Å². The van der Waals surface area contributed by atoms with Gasteiger partial charge in [0.05, 0.1) is 0 Å². The first-order valence-electron chi connectivity index (χ1n) is 5.89. The minimum Gasteiger partial charge on any atom is -0.390 e. The highest BCUT2D eigenvalue weighted by Crippen LogP contribution is 2.07. The van der Waals surface area contributed by atoms with E-state index in [1.165, 1.54) is 17.9 Å². The summed E-state index contributed by atoms with van der Waals surface area (Å²) in [6.45, 7) is 1.84. The highest BCUT2D eigenvalue weighted by atomic mass is 16.4. The third-order valence-corrected chi connectivity index (χ3v) is 3.12. The van der Waals surface area contributed by atoms with Crippen LogP contribution in [-0.4, -0.2) is 28.9 Å². The fraction of sp³-hybridized carbons (Fsp3) is 0.364. The molecule has 0 radical (unpaired) electrons. The molecule has 0 fully saturated rings. The average Bonchev–Trinajstić information content (AvgIpc) is 2.85. The molecule has 9 heteroatoms. The van der Waals surface area contributed by atoms with E-state index in [2.05, 4.69) is 15.1 Å². The van der Waals surface area contributed by atoms with Gasteiger partial charge in [0.1, 0.15) is 18.7 Å². The summed E-state index contributed by atoms with van der Waals surface area (Å²) in [7, 11) is 3.23. The Kier molecular flexibility index (Phi) is 2.56. The van der Waals surface area contributed by atoms with Gasteiger partial charge in [-0.05, 0) is 6.92 Å². The van der Waals surface area contributed by atoms with Crippen molar-refractivity contribution in [3.63, 3.8) is 0 Å². The quantitative estimate of drug-likeness (QED) is 0.605. The van der Waals surface area contributed by atoms with E-state index in [1.54, 1.807) is 18.5 Å². The first kappa shape index (κ1) is 12.3. The van der Waals surface area contributed by atoms with Crippen molar-refractivity contribution >= 4 is 11.2 Å². The largest absolute Gasteiger partial charge is 0.436 e. The molecular weight excluding hydrogens is 264 g/mol. The lowest BCUT2D eigenvalue weighted by molar-refractivity contribution is 0.440. The van der Waals surface area contributed by atoms with E-state index < -0.39 is 5.76 Å². The Morgan fingerprint density at radius 2 is 2.05 bits per heavy atom. The Balaban J connectivity index is 2.13. The van der Waals surface area contributed by atoms with Gasteiger partial charge in [-0.3, -0.25) is 9.36 Å². The zero-order valence-electron chi connectivity index (χ0n) is 11.2. The minimum absolute atomic E-state index is 0.0437. The summed E-state index contributed by atoms with van der Waals surface area (Å²) in [6.07, 6.45) is 1.37. The van der Waals surface area contributed by atoms with Crippen molar-refractivity contribution in [1.82, 2.24) is 28.9 Å². The summed E-state index contributed by atoms with van der Waals surface area (Å²) in [4.78, 5) is 31.9. The number of aryl methyl sites for hydroxylation is 3. The van der Waals surface area contributed by atoms with Gasteiger partial charge in [0, 0.05) is 14.1 Å². The van der Waals surface area contributed by atoms with Crippen LogP contribution in [0.4, 0.5) is 0 Å². The fourth-order valence-electron chi connectivity index (χ4n) is 1.95. The maximum Gasteiger partial charge on any atom is 0.436 e. The third kappa shape index (κ3) is 1.75. The highest BCUT2D eigenvalue weighted by molar-refractivity contribution is 5.69. The first-order valence-corrected chi connectivity index (χ1v) is 5.89. The van der Waals surface area contributed by atoms with Gasteiger partial charge >= 0.3 is 5.76 Å². The number of hydrogen-bond donors (Lipinski definition) is 0. The van der Waals surface area contributed by atoms with Crippen molar-refractivity contribution in [2.75, 3.05) is 0 Å². The Morgan fingerprint density at radius 1 is 1.30 bits per heavy atom. The summed E-state index contributed by atoms with van der Waals surface area (Å²) in [5.41, 5.74) is 0.545. The lowest BCUT2D eigenvalue weighted by atomic mass is 10.5. The predicted octanol–water partition coefficient (Wildman–Crippen LogP) is -0.827. The molecule has 0 N–H and O–H groups in total. The van der Waals surface area contributed by atoms with E-state index >= 15 is 0 Å². The zero-order chi connectivity index (χ0) is 14.4. The maximum atomic E-state index is 12.4. The Labute approximate surface area is 112 Å². The standard InChI is InChI=1S/C11H12N6O3/c1-6-13-9-8(15(6)2)10(18)17(5-12-9)4-7-14-16(3)11(19)20-7/h5H,4H2,1-3H3. The predicted molar refractivity (Wildman–Crippen MR) is 68.4 cm³/mol. The van der Waals surface area contributed by atoms with Crippen molar-refractivity contribution in [1.29, 1.82) is 0 Å². The summed E-state index contributed by atoms with van der Waals surface area (Å²) in [5.74, 6) is 0.282. The van der Waals surface area contributed by atoms with Crippen molar-refractivity contribution < 1.29 is 4.42 Å². The average molecular weight is 276 g/mol. The molecule has 0 aliphatic carbocycles. The molecule has 0 aliphatic heterocycles. The van der Waals surface area contributed by atoms with Crippen LogP contribution in [-0.2, 0) is 20.6 Å². The van der Waals surface area contributed by atoms with Crippen molar-refractivity contribution in [2.24, 2.45) is 14.1 Å². The molecular formula is C11H12N6O3. The van der Waals surface area contributed by atoms with Gasteiger partial charge in [-0.25, -0.2) is 14.8 Å². The van der Waals surface area contributed by atoms with Crippen LogP contribution in [0.1, 0.15) is 11.7 Å². The van der Waals surface area contributed by atoms with Gasteiger partial charge in [0.15, 0.2) is 11.2 Å². The summed E-state index contributed by atoms with van der Waals surface area (Å²) < 4.78 is 8.98. The molecule has 9 nitrogen and oxygen atoms in total. The number of fused-ring (bicyclic) bond motifs is 1. The summed E-state index contributed by atoms with van der Waals surface area (Å²) in [5, 5.41) is 3.88. The molecule has 0 atom stereocenters. The van der Waals surface area contributed by atoms with E-state index in [9.17, 15) is 9.59 Å². The van der Waals surface area contributed by atoms with Crippen LogP contribution in [0, 0.1) is 6.92 Å². The van der Waals surface area contributed by atoms with Gasteiger partial charge in [-0.2, -0.15) is 4.68 Å². The van der Waals surface area contributed by atoms with E-state index in [4.69, 9.17) is 4.42 Å². The second-order valence-electron chi connectivity index (χ2n) is 4.45. The summed E-state index contributed by atoms with van der Waals surface area (Å²) in [6, 6.07) is 0. The molecule has 0 saturated carbocycles. The van der Waals surface area contributed by atoms with Gasteiger partial charge in [-0.15, -0.1) is 5.10 Å². The Hall–Kier alpha value is -2.71. The monoisotopic (exact) mass is 276 g/mol. The minimum atomic E-state index is -0.571. The lowest BCUT2D eigenvalue weighted by Gasteiger charge is -2.02. The van der Waals surface area contributed by atoms with Gasteiger partial charge < -0.3 is 8.98 Å². The molecule has 3 aromatic heterocycles. The van der Waals surface area contributed by atoms with E-state index in [0.29, 0.717) is 17.0 Å². The number of hydrogen-bond acceptors (Lipinski definition) is 6. The van der Waals surface area contributed by atoms with E-state index in [-0.39, 0.29) is 18.0 Å². The van der Waals surface area contributed by atoms with Crippen LogP contribution in [0.3, 0.4) is 0 Å². The number of nitrogens with zero attached hydrogens (tertiary/aromatic N) is 6. The molecule has 0 amide bonds. The molecule has 104 valence electrons. The van der Waals surface area contributed by atoms with Crippen LogP contribution in [0.15, 0.2) is 20.3 Å². The van der Waals surface area contributed by atoms with Crippen LogP contribution < -0.4 is 11.3 Å². The number of aromatic nitrogens is 6. The molecule has 0 aliphatic rings. The second kappa shape index (κ2) is 4.15. The first-order chi connectivity index (χ1) is 9.47. The van der Waals surface area contributed by atoms with E-state index in [0.717, 1.165) is 4.68 Å². The molecule has 0 spiro atoms. The molecule has 0 aromatic carbocycles. The van der Waals surface area contributed by atoms with Crippen molar-refractivity contribution in [2.45, 2.75) is 13.5 Å². The molecule has 0 unspecified atom stereocenters. The molecule has 20 heavy (non-hydrogen) atoms. The lowest BCUT2D eigenvalue weighted by Crippen LogP contribution is -2.23. The van der Waals surface area contributed by atoms with Crippen molar-refractivity contribution in [3.05, 3.63) is 38.9 Å². The fourth-order valence-corrected chi connectivity index (χ4v) is 1.95. The van der Waals surface area contributed by atoms with Gasteiger partial charge in [-0.1, -0.05) is 0 Å². The van der Waals surface area contributed by atoms with E-state index in [1.807, 2.05) is 0 Å². The third-order valence-electron chi connectivity index (χ3n) is 3.12.